The third kappa shape index (κ3) is 48.7. The number of hydrogen-bond acceptors (Lipinski definition) is 10. The maximum Gasteiger partial charge on any atom is 0.472 e. The Kier molecular flexibility index (Phi) is 49.3. The van der Waals surface area contributed by atoms with Crippen molar-refractivity contribution < 1.29 is 52.2 Å². The molecule has 0 amide bonds. The lowest BCUT2D eigenvalue weighted by Crippen LogP contribution is -2.30. The van der Waals surface area contributed by atoms with E-state index in [1.165, 1.54) is 109 Å². The molecule has 2 N–H and O–H groups in total. The van der Waals surface area contributed by atoms with Crippen molar-refractivity contribution >= 4 is 25.7 Å². The molecule has 3 unspecified atom stereocenters. The van der Waals surface area contributed by atoms with Gasteiger partial charge in [-0.1, -0.05) is 198 Å². The van der Waals surface area contributed by atoms with Crippen molar-refractivity contribution in [2.45, 2.75) is 277 Å². The zero-order chi connectivity index (χ0) is 49.9. The van der Waals surface area contributed by atoms with E-state index < -0.39 is 57.8 Å². The van der Waals surface area contributed by atoms with Gasteiger partial charge in [0.1, 0.15) is 12.7 Å². The van der Waals surface area contributed by atoms with E-state index in [0.717, 1.165) is 96.3 Å². The molecule has 0 fully saturated rings. The van der Waals surface area contributed by atoms with E-state index in [1.807, 2.05) is 0 Å². The minimum atomic E-state index is -4.74. The number of esters is 3. The number of ether oxygens (including phenoxy) is 3. The van der Waals surface area contributed by atoms with E-state index in [9.17, 15) is 28.9 Å². The third-order valence-electron chi connectivity index (χ3n) is 12.0. The van der Waals surface area contributed by atoms with Gasteiger partial charge in [-0.15, -0.1) is 0 Å². The first kappa shape index (κ1) is 65.7. The highest BCUT2D eigenvalue weighted by molar-refractivity contribution is 7.47. The smallest absolute Gasteiger partial charge is 0.462 e. The molecule has 0 bridgehead atoms. The molecular formula is C56H103O11P. The second-order valence-corrected chi connectivity index (χ2v) is 20.2. The van der Waals surface area contributed by atoms with Crippen LogP contribution in [0.2, 0.25) is 0 Å². The molecule has 12 heteroatoms. The zero-order valence-corrected chi connectivity index (χ0v) is 44.7. The maximum atomic E-state index is 12.9. The van der Waals surface area contributed by atoms with Crippen LogP contribution in [-0.4, -0.2) is 66.5 Å². The van der Waals surface area contributed by atoms with Crippen LogP contribution < -0.4 is 0 Å². The number of phosphoric acid groups is 1. The molecule has 0 aliphatic carbocycles. The molecule has 0 aromatic carbocycles. The van der Waals surface area contributed by atoms with Gasteiger partial charge in [-0.2, -0.15) is 0 Å². The van der Waals surface area contributed by atoms with Gasteiger partial charge in [0.25, 0.3) is 0 Å². The Bertz CT molecular complexity index is 1280. The molecule has 0 saturated carbocycles. The number of aliphatic hydroxyl groups excluding tert-OH is 1. The Morgan fingerprint density at radius 3 is 1.06 bits per heavy atom. The van der Waals surface area contributed by atoms with Crippen LogP contribution in [0, 0.1) is 0 Å². The average Bonchev–Trinajstić information content (AvgIpc) is 3.32. The summed E-state index contributed by atoms with van der Waals surface area (Å²) in [7, 11) is -4.74. The van der Waals surface area contributed by atoms with E-state index in [1.54, 1.807) is 0 Å². The number of hydrogen-bond donors (Lipinski definition) is 2. The fourth-order valence-corrected chi connectivity index (χ4v) is 8.45. The second-order valence-electron chi connectivity index (χ2n) is 18.7. The number of allylic oxidation sites excluding steroid dienone is 6. The highest BCUT2D eigenvalue weighted by atomic mass is 31.2. The lowest BCUT2D eigenvalue weighted by Gasteiger charge is -2.21. The molecule has 0 radical (unpaired) electrons. The number of phosphoric ester groups is 1. The van der Waals surface area contributed by atoms with E-state index in [-0.39, 0.29) is 25.9 Å². The number of carbonyl (C=O) groups is 3. The summed E-state index contributed by atoms with van der Waals surface area (Å²) in [6.45, 7) is 4.56. The van der Waals surface area contributed by atoms with Crippen LogP contribution in [0.3, 0.4) is 0 Å². The summed E-state index contributed by atoms with van der Waals surface area (Å²) in [6, 6.07) is 0. The first-order chi connectivity index (χ1) is 33.2. The van der Waals surface area contributed by atoms with Crippen molar-refractivity contribution in [2.75, 3.05) is 26.4 Å². The van der Waals surface area contributed by atoms with Gasteiger partial charge in [-0.25, -0.2) is 4.57 Å². The third-order valence-corrected chi connectivity index (χ3v) is 13.0. The first-order valence-electron chi connectivity index (χ1n) is 27.9. The highest BCUT2D eigenvalue weighted by Gasteiger charge is 2.28. The lowest BCUT2D eigenvalue weighted by atomic mass is 10.1. The fourth-order valence-electron chi connectivity index (χ4n) is 7.67. The van der Waals surface area contributed by atoms with Crippen LogP contribution in [0.4, 0.5) is 0 Å². The molecule has 0 spiro atoms. The molecule has 0 aliphatic rings. The van der Waals surface area contributed by atoms with E-state index >= 15 is 0 Å². The fraction of sp³-hybridized carbons (Fsp3) is 0.839. The van der Waals surface area contributed by atoms with Crippen LogP contribution in [0.25, 0.3) is 0 Å². The number of rotatable bonds is 52. The topological polar surface area (TPSA) is 155 Å². The Hall–Kier alpha value is -2.30. The summed E-state index contributed by atoms with van der Waals surface area (Å²) < 4.78 is 39.4. The predicted octanol–water partition coefficient (Wildman–Crippen LogP) is 16.0. The summed E-state index contributed by atoms with van der Waals surface area (Å²) in [4.78, 5) is 48.3. The van der Waals surface area contributed by atoms with Gasteiger partial charge in [0.05, 0.1) is 19.8 Å². The normalized spacial score (nSPS) is 13.7. The SMILES string of the molecule is CCCC/C=C\CCCCCCCC(=O)OCC(COP(=O)(O)OCC(CO)OC(=O)CCCCCCC/C=C\CCCC)OC(=O)CCCCCCCCCCC/C=C\CCCCCCCC. The standard InChI is InChI=1S/C56H103O11P/c1-4-7-10-13-16-19-22-23-24-25-26-27-28-29-32-35-38-41-44-47-56(60)67-53(49-63-54(58)45-42-39-36-33-30-20-17-14-11-8-5-2)51-65-68(61,62)64-50-52(48-57)66-55(59)46-43-40-37-34-31-21-18-15-12-9-6-3/h14-15,17-18,23-24,52-53,57H,4-13,16,19-22,25-51H2,1-3H3,(H,61,62)/b17-14-,18-15-,24-23-. The van der Waals surface area contributed by atoms with Crippen molar-refractivity contribution in [3.63, 3.8) is 0 Å². The summed E-state index contributed by atoms with van der Waals surface area (Å²) in [5, 5.41) is 9.77. The van der Waals surface area contributed by atoms with E-state index in [4.69, 9.17) is 23.3 Å². The van der Waals surface area contributed by atoms with Gasteiger partial charge in [0.15, 0.2) is 6.10 Å². The number of carbonyl (C=O) groups excluding carboxylic acids is 3. The van der Waals surface area contributed by atoms with E-state index in [2.05, 4.69) is 57.2 Å². The predicted molar refractivity (Wildman–Crippen MR) is 279 cm³/mol. The van der Waals surface area contributed by atoms with Crippen LogP contribution in [0.1, 0.15) is 265 Å². The quantitative estimate of drug-likeness (QED) is 0.0197. The molecule has 398 valence electrons. The summed E-state index contributed by atoms with van der Waals surface area (Å²) >= 11 is 0. The average molecular weight is 983 g/mol. The summed E-state index contributed by atoms with van der Waals surface area (Å²) in [5.41, 5.74) is 0. The molecule has 68 heavy (non-hydrogen) atoms. The van der Waals surface area contributed by atoms with E-state index in [0.29, 0.717) is 19.3 Å². The molecule has 11 nitrogen and oxygen atoms in total. The Labute approximate surface area is 416 Å². The van der Waals surface area contributed by atoms with Crippen LogP contribution >= 0.6 is 7.82 Å². The molecule has 0 aromatic heterocycles. The molecule has 0 aliphatic heterocycles. The molecule has 0 saturated heterocycles. The van der Waals surface area contributed by atoms with Gasteiger partial charge in [0, 0.05) is 19.3 Å². The minimum absolute atomic E-state index is 0.166. The van der Waals surface area contributed by atoms with Crippen LogP contribution in [0.15, 0.2) is 36.5 Å². The Balaban J connectivity index is 4.68. The maximum absolute atomic E-state index is 12.9. The molecule has 0 aromatic rings. The largest absolute Gasteiger partial charge is 0.472 e. The Morgan fingerprint density at radius 2 is 0.691 bits per heavy atom. The Morgan fingerprint density at radius 1 is 0.397 bits per heavy atom. The summed E-state index contributed by atoms with van der Waals surface area (Å²) in [5.74, 6) is -1.48. The monoisotopic (exact) mass is 983 g/mol. The van der Waals surface area contributed by atoms with Gasteiger partial charge in [-0.3, -0.25) is 23.4 Å². The van der Waals surface area contributed by atoms with Crippen molar-refractivity contribution in [1.82, 2.24) is 0 Å². The lowest BCUT2D eigenvalue weighted by molar-refractivity contribution is -0.161. The zero-order valence-electron chi connectivity index (χ0n) is 43.8. The van der Waals surface area contributed by atoms with Crippen molar-refractivity contribution in [3.05, 3.63) is 36.5 Å². The van der Waals surface area contributed by atoms with Crippen LogP contribution in [0.5, 0.6) is 0 Å². The van der Waals surface area contributed by atoms with Crippen molar-refractivity contribution in [3.8, 4) is 0 Å². The summed E-state index contributed by atoms with van der Waals surface area (Å²) in [6.07, 6.45) is 51.1. The number of aliphatic hydroxyl groups is 1. The number of unbranched alkanes of at least 4 members (excludes halogenated alkanes) is 29. The minimum Gasteiger partial charge on any atom is -0.462 e. The van der Waals surface area contributed by atoms with Gasteiger partial charge in [-0.05, 0) is 83.5 Å². The van der Waals surface area contributed by atoms with Crippen molar-refractivity contribution in [1.29, 1.82) is 0 Å². The highest BCUT2D eigenvalue weighted by Crippen LogP contribution is 2.43. The van der Waals surface area contributed by atoms with Crippen molar-refractivity contribution in [2.24, 2.45) is 0 Å². The molecule has 0 heterocycles. The van der Waals surface area contributed by atoms with Gasteiger partial charge >= 0.3 is 25.7 Å². The van der Waals surface area contributed by atoms with Gasteiger partial charge in [0.2, 0.25) is 0 Å². The molecule has 3 atom stereocenters. The van der Waals surface area contributed by atoms with Gasteiger partial charge < -0.3 is 24.2 Å². The first-order valence-corrected chi connectivity index (χ1v) is 29.4. The molecular weight excluding hydrogens is 880 g/mol. The second kappa shape index (κ2) is 51.1. The molecule has 0 rings (SSSR count). The van der Waals surface area contributed by atoms with Crippen LogP contribution in [-0.2, 0) is 42.2 Å².